The fourth-order valence-electron chi connectivity index (χ4n) is 5.67. The molecule has 0 unspecified atom stereocenters. The molecule has 4 rings (SSSR count). The minimum atomic E-state index is 0.220. The van der Waals surface area contributed by atoms with Crippen molar-refractivity contribution in [2.24, 2.45) is 20.9 Å². The molecule has 6 nitrogen and oxygen atoms in total. The third-order valence-electron chi connectivity index (χ3n) is 7.74. The molecule has 2 heterocycles. The van der Waals surface area contributed by atoms with E-state index in [1.165, 1.54) is 54.1 Å². The Balaban J connectivity index is 1.41. The van der Waals surface area contributed by atoms with Crippen LogP contribution in [0.4, 0.5) is 0 Å². The van der Waals surface area contributed by atoms with Gasteiger partial charge >= 0.3 is 0 Å². The second-order valence-electron chi connectivity index (χ2n) is 9.93. The van der Waals surface area contributed by atoms with Gasteiger partial charge in [-0.05, 0) is 81.4 Å². The van der Waals surface area contributed by atoms with Gasteiger partial charge in [-0.15, -0.1) is 0 Å². The second kappa shape index (κ2) is 12.5. The zero-order valence-electron chi connectivity index (χ0n) is 21.4. The Morgan fingerprint density at radius 1 is 1.12 bits per heavy atom. The number of rotatable bonds is 8. The van der Waals surface area contributed by atoms with Crippen molar-refractivity contribution < 1.29 is 4.74 Å². The SMILES string of the molecule is CCC(/C=C(\CC)NC1CCC(CC2=C3N=CC=N[C@H]3CCC(N3CCOCC3)=C2)CC1)=NC. The van der Waals surface area contributed by atoms with Crippen molar-refractivity contribution in [3.05, 3.63) is 34.8 Å². The van der Waals surface area contributed by atoms with Gasteiger partial charge in [0.25, 0.3) is 0 Å². The Hall–Kier alpha value is -2.21. The van der Waals surface area contributed by atoms with E-state index in [1.807, 2.05) is 19.5 Å². The molecule has 0 amide bonds. The number of hydrogen-bond donors (Lipinski definition) is 1. The number of aliphatic imine (C=N–C) groups is 3. The first kappa shape index (κ1) is 24.9. The number of fused-ring (bicyclic) bond motifs is 1. The van der Waals surface area contributed by atoms with Gasteiger partial charge in [0.05, 0.1) is 25.0 Å². The summed E-state index contributed by atoms with van der Waals surface area (Å²) in [6.07, 6.45) is 18.8. The standard InChI is InChI=1S/C28H43N5O/c1-4-23(29-3)20-24(5-2)32-25-8-6-21(7-9-25)18-22-19-26(33-14-16-34-17-15-33)10-11-27-28(22)31-13-12-30-27/h12-13,19-21,25,27,32H,4-11,14-18H2,1-3H3/b24-20+,29-23?/t21?,25?,27-/m0/s1. The summed E-state index contributed by atoms with van der Waals surface area (Å²) in [5.74, 6) is 0.722. The van der Waals surface area contributed by atoms with Gasteiger partial charge in [-0.2, -0.15) is 0 Å². The minimum absolute atomic E-state index is 0.220. The Morgan fingerprint density at radius 3 is 2.62 bits per heavy atom. The van der Waals surface area contributed by atoms with E-state index in [1.54, 1.807) is 0 Å². The van der Waals surface area contributed by atoms with Crippen LogP contribution >= 0.6 is 0 Å². The molecule has 1 saturated carbocycles. The van der Waals surface area contributed by atoms with Gasteiger partial charge in [-0.25, -0.2) is 0 Å². The number of hydrogen-bond acceptors (Lipinski definition) is 6. The van der Waals surface area contributed by atoms with Crippen molar-refractivity contribution >= 4 is 18.1 Å². The molecule has 0 aromatic heterocycles. The van der Waals surface area contributed by atoms with Crippen LogP contribution in [-0.2, 0) is 4.74 Å². The quantitative estimate of drug-likeness (QED) is 0.508. The first-order chi connectivity index (χ1) is 16.7. The topological polar surface area (TPSA) is 61.6 Å². The van der Waals surface area contributed by atoms with Crippen LogP contribution in [0, 0.1) is 5.92 Å². The summed E-state index contributed by atoms with van der Waals surface area (Å²) in [5, 5.41) is 3.83. The van der Waals surface area contributed by atoms with E-state index in [2.05, 4.69) is 41.2 Å². The molecule has 0 aromatic rings. The molecular formula is C28H43N5O. The van der Waals surface area contributed by atoms with Gasteiger partial charge in [-0.1, -0.05) is 13.8 Å². The number of nitrogens with one attached hydrogen (secondary N) is 1. The molecule has 186 valence electrons. The van der Waals surface area contributed by atoms with Crippen LogP contribution in [0.15, 0.2) is 49.8 Å². The van der Waals surface area contributed by atoms with Crippen LogP contribution in [-0.4, -0.2) is 68.5 Å². The molecular weight excluding hydrogens is 422 g/mol. The van der Waals surface area contributed by atoms with Crippen LogP contribution in [0.1, 0.15) is 71.6 Å². The summed E-state index contributed by atoms with van der Waals surface area (Å²) < 4.78 is 5.60. The lowest BCUT2D eigenvalue weighted by atomic mass is 9.81. The van der Waals surface area contributed by atoms with Crippen molar-refractivity contribution in [3.8, 4) is 0 Å². The lowest BCUT2D eigenvalue weighted by molar-refractivity contribution is 0.0519. The smallest absolute Gasteiger partial charge is 0.0926 e. The molecule has 4 aliphatic rings. The summed E-state index contributed by atoms with van der Waals surface area (Å²) in [6.45, 7) is 8.06. The maximum atomic E-state index is 5.60. The number of ether oxygens (including phenoxy) is 1. The first-order valence-corrected chi connectivity index (χ1v) is 13.4. The van der Waals surface area contributed by atoms with E-state index >= 15 is 0 Å². The fraction of sp³-hybridized carbons (Fsp3) is 0.679. The van der Waals surface area contributed by atoms with Gasteiger partial charge < -0.3 is 15.0 Å². The van der Waals surface area contributed by atoms with Gasteiger partial charge in [0.15, 0.2) is 0 Å². The third-order valence-corrected chi connectivity index (χ3v) is 7.74. The molecule has 1 atom stereocenters. The zero-order chi connectivity index (χ0) is 23.8. The van der Waals surface area contributed by atoms with Crippen molar-refractivity contribution in [2.75, 3.05) is 33.4 Å². The van der Waals surface area contributed by atoms with Gasteiger partial charge in [0.1, 0.15) is 0 Å². The van der Waals surface area contributed by atoms with Crippen molar-refractivity contribution in [1.29, 1.82) is 0 Å². The molecule has 1 N–H and O–H groups in total. The Kier molecular flexibility index (Phi) is 9.14. The normalized spacial score (nSPS) is 28.5. The summed E-state index contributed by atoms with van der Waals surface area (Å²) in [4.78, 5) is 16.6. The van der Waals surface area contributed by atoms with Crippen LogP contribution in [0.25, 0.3) is 0 Å². The first-order valence-electron chi connectivity index (χ1n) is 13.4. The highest BCUT2D eigenvalue weighted by molar-refractivity contribution is 6.17. The second-order valence-corrected chi connectivity index (χ2v) is 9.93. The fourth-order valence-corrected chi connectivity index (χ4v) is 5.67. The largest absolute Gasteiger partial charge is 0.386 e. The van der Waals surface area contributed by atoms with E-state index in [9.17, 15) is 0 Å². The van der Waals surface area contributed by atoms with Crippen molar-refractivity contribution in [2.45, 2.75) is 83.7 Å². The number of morpholine rings is 1. The average molecular weight is 466 g/mol. The van der Waals surface area contributed by atoms with Gasteiger partial charge in [-0.3, -0.25) is 15.0 Å². The minimum Gasteiger partial charge on any atom is -0.386 e. The van der Waals surface area contributed by atoms with Crippen molar-refractivity contribution in [1.82, 2.24) is 10.2 Å². The summed E-state index contributed by atoms with van der Waals surface area (Å²) in [6, 6.07) is 0.798. The highest BCUT2D eigenvalue weighted by Gasteiger charge is 2.28. The van der Waals surface area contributed by atoms with Crippen LogP contribution in [0.5, 0.6) is 0 Å². The molecule has 2 fully saturated rings. The van der Waals surface area contributed by atoms with Crippen LogP contribution < -0.4 is 5.32 Å². The van der Waals surface area contributed by atoms with E-state index in [4.69, 9.17) is 14.7 Å². The molecule has 6 heteroatoms. The Bertz CT molecular complexity index is 867. The lowest BCUT2D eigenvalue weighted by Gasteiger charge is -2.32. The van der Waals surface area contributed by atoms with Gasteiger partial charge in [0.2, 0.25) is 0 Å². The van der Waals surface area contributed by atoms with Crippen molar-refractivity contribution in [3.63, 3.8) is 0 Å². The monoisotopic (exact) mass is 465 g/mol. The maximum Gasteiger partial charge on any atom is 0.0926 e. The average Bonchev–Trinajstić information content (AvgIpc) is 3.08. The van der Waals surface area contributed by atoms with E-state index in [0.29, 0.717) is 6.04 Å². The number of nitrogens with zero attached hydrogens (tertiary/aromatic N) is 4. The molecule has 0 radical (unpaired) electrons. The summed E-state index contributed by atoms with van der Waals surface area (Å²) in [7, 11) is 1.89. The predicted octanol–water partition coefficient (Wildman–Crippen LogP) is 5.09. The summed E-state index contributed by atoms with van der Waals surface area (Å²) in [5.41, 5.74) is 6.61. The van der Waals surface area contributed by atoms with E-state index in [-0.39, 0.29) is 6.04 Å². The van der Waals surface area contributed by atoms with E-state index < -0.39 is 0 Å². The predicted molar refractivity (Wildman–Crippen MR) is 143 cm³/mol. The molecule has 0 aromatic carbocycles. The molecule has 0 bridgehead atoms. The molecule has 34 heavy (non-hydrogen) atoms. The van der Waals surface area contributed by atoms with Crippen LogP contribution in [0.3, 0.4) is 0 Å². The molecule has 2 aliphatic heterocycles. The highest BCUT2D eigenvalue weighted by atomic mass is 16.5. The van der Waals surface area contributed by atoms with Crippen LogP contribution in [0.2, 0.25) is 0 Å². The van der Waals surface area contributed by atoms with Gasteiger partial charge in [0, 0.05) is 55.7 Å². The highest BCUT2D eigenvalue weighted by Crippen LogP contribution is 2.36. The zero-order valence-corrected chi connectivity index (χ0v) is 21.4. The maximum absolute atomic E-state index is 5.60. The lowest BCUT2D eigenvalue weighted by Crippen LogP contribution is -2.35. The Morgan fingerprint density at radius 2 is 1.91 bits per heavy atom. The Labute approximate surface area is 206 Å². The number of allylic oxidation sites excluding steroid dienone is 5. The molecule has 1 saturated heterocycles. The van der Waals surface area contributed by atoms with E-state index in [0.717, 1.165) is 64.3 Å². The molecule has 2 aliphatic carbocycles. The third kappa shape index (κ3) is 6.47. The molecule has 0 spiro atoms. The summed E-state index contributed by atoms with van der Waals surface area (Å²) >= 11 is 0.